The van der Waals surface area contributed by atoms with Gasteiger partial charge >= 0.3 is 17.9 Å². The number of hydrogen-bond donors (Lipinski definition) is 0. The molecular formula is C72H130O6. The number of allylic oxidation sites excluding steroid dienone is 10. The molecule has 6 nitrogen and oxygen atoms in total. The van der Waals surface area contributed by atoms with Crippen molar-refractivity contribution < 1.29 is 28.6 Å². The zero-order chi connectivity index (χ0) is 56.4. The van der Waals surface area contributed by atoms with E-state index in [4.69, 9.17) is 14.2 Å². The molecule has 0 saturated heterocycles. The Balaban J connectivity index is 4.21. The van der Waals surface area contributed by atoms with Gasteiger partial charge in [-0.15, -0.1) is 0 Å². The summed E-state index contributed by atoms with van der Waals surface area (Å²) >= 11 is 0. The van der Waals surface area contributed by atoms with Crippen LogP contribution in [0.2, 0.25) is 0 Å². The van der Waals surface area contributed by atoms with Crippen LogP contribution >= 0.6 is 0 Å². The predicted octanol–water partition coefficient (Wildman–Crippen LogP) is 23.5. The average molecular weight is 1090 g/mol. The zero-order valence-corrected chi connectivity index (χ0v) is 52.2. The Morgan fingerprint density at radius 2 is 0.462 bits per heavy atom. The Morgan fingerprint density at radius 3 is 0.756 bits per heavy atom. The molecule has 0 N–H and O–H groups in total. The molecule has 0 aliphatic heterocycles. The second-order valence-electron chi connectivity index (χ2n) is 23.1. The third-order valence-corrected chi connectivity index (χ3v) is 15.2. The van der Waals surface area contributed by atoms with Gasteiger partial charge in [-0.1, -0.05) is 293 Å². The van der Waals surface area contributed by atoms with Gasteiger partial charge in [0.05, 0.1) is 0 Å². The normalized spacial score (nSPS) is 12.4. The third-order valence-electron chi connectivity index (χ3n) is 15.2. The maximum atomic E-state index is 12.9. The van der Waals surface area contributed by atoms with E-state index in [1.165, 1.54) is 244 Å². The Labute approximate surface area is 485 Å². The number of ether oxygens (including phenoxy) is 3. The van der Waals surface area contributed by atoms with Crippen LogP contribution < -0.4 is 0 Å². The number of hydrogen-bond acceptors (Lipinski definition) is 6. The van der Waals surface area contributed by atoms with Crippen LogP contribution in [-0.2, 0) is 28.6 Å². The van der Waals surface area contributed by atoms with Gasteiger partial charge in [-0.3, -0.25) is 14.4 Å². The highest BCUT2D eigenvalue weighted by molar-refractivity contribution is 5.71. The van der Waals surface area contributed by atoms with E-state index in [-0.39, 0.29) is 31.1 Å². The molecule has 78 heavy (non-hydrogen) atoms. The predicted molar refractivity (Wildman–Crippen MR) is 339 cm³/mol. The molecular weight excluding hydrogens is 961 g/mol. The second kappa shape index (κ2) is 66.6. The third kappa shape index (κ3) is 63.9. The fraction of sp³-hybridized carbons (Fsp3) is 0.819. The summed E-state index contributed by atoms with van der Waals surface area (Å²) in [5, 5.41) is 0. The number of carbonyl (C=O) groups is 3. The van der Waals surface area contributed by atoms with E-state index in [0.29, 0.717) is 19.3 Å². The van der Waals surface area contributed by atoms with E-state index < -0.39 is 6.10 Å². The van der Waals surface area contributed by atoms with Crippen molar-refractivity contribution in [3.05, 3.63) is 60.8 Å². The van der Waals surface area contributed by atoms with E-state index in [0.717, 1.165) is 77.0 Å². The van der Waals surface area contributed by atoms with Crippen molar-refractivity contribution in [1.29, 1.82) is 0 Å². The lowest BCUT2D eigenvalue weighted by Gasteiger charge is -2.18. The van der Waals surface area contributed by atoms with Gasteiger partial charge in [0, 0.05) is 19.3 Å². The quantitative estimate of drug-likeness (QED) is 0.0261. The maximum Gasteiger partial charge on any atom is 0.306 e. The molecule has 1 unspecified atom stereocenters. The summed E-state index contributed by atoms with van der Waals surface area (Å²) in [4.78, 5) is 38.3. The first-order valence-corrected chi connectivity index (χ1v) is 34.3. The van der Waals surface area contributed by atoms with Crippen molar-refractivity contribution in [2.75, 3.05) is 13.2 Å². The summed E-state index contributed by atoms with van der Waals surface area (Å²) < 4.78 is 16.9. The van der Waals surface area contributed by atoms with Gasteiger partial charge in [0.1, 0.15) is 13.2 Å². The summed E-state index contributed by atoms with van der Waals surface area (Å²) in [6.07, 6.45) is 85.3. The standard InChI is InChI=1S/C72H130O6/c1-4-7-10-13-16-19-22-25-27-29-31-32-33-34-35-36-37-38-39-40-42-43-45-47-50-53-56-59-62-65-71(74)77-68-69(67-76-70(73)64-61-58-55-52-49-24-21-18-15-12-9-6-3)78-72(75)66-63-60-57-54-51-48-46-44-41-30-28-26-23-20-17-14-11-8-5-2/h18,21-22,25-26,28-29,31,33-34,69H,4-17,19-20,23-24,27,30,32,35-68H2,1-3H3/b21-18-,25-22-,28-26-,31-29-,34-33-. The molecule has 0 saturated carbocycles. The molecule has 0 radical (unpaired) electrons. The Hall–Kier alpha value is -2.89. The van der Waals surface area contributed by atoms with Gasteiger partial charge in [-0.05, 0) is 109 Å². The maximum absolute atomic E-state index is 12.9. The Kier molecular flexibility index (Phi) is 64.2. The van der Waals surface area contributed by atoms with E-state index >= 15 is 0 Å². The van der Waals surface area contributed by atoms with Crippen LogP contribution in [0.1, 0.15) is 361 Å². The number of carbonyl (C=O) groups excluding carboxylic acids is 3. The van der Waals surface area contributed by atoms with Gasteiger partial charge in [0.15, 0.2) is 6.10 Å². The molecule has 0 aromatic rings. The highest BCUT2D eigenvalue weighted by Crippen LogP contribution is 2.17. The second-order valence-corrected chi connectivity index (χ2v) is 23.1. The Morgan fingerprint density at radius 1 is 0.256 bits per heavy atom. The van der Waals surface area contributed by atoms with E-state index in [2.05, 4.69) is 81.5 Å². The van der Waals surface area contributed by atoms with Crippen LogP contribution in [-0.4, -0.2) is 37.2 Å². The van der Waals surface area contributed by atoms with Crippen LogP contribution in [0.15, 0.2) is 60.8 Å². The molecule has 1 atom stereocenters. The summed E-state index contributed by atoms with van der Waals surface area (Å²) in [5.74, 6) is -0.868. The molecule has 0 fully saturated rings. The number of rotatable bonds is 63. The highest BCUT2D eigenvalue weighted by Gasteiger charge is 2.19. The van der Waals surface area contributed by atoms with Gasteiger partial charge in [-0.25, -0.2) is 0 Å². The summed E-state index contributed by atoms with van der Waals surface area (Å²) in [5.41, 5.74) is 0. The molecule has 0 heterocycles. The van der Waals surface area contributed by atoms with Crippen molar-refractivity contribution in [1.82, 2.24) is 0 Å². The first-order valence-electron chi connectivity index (χ1n) is 34.3. The first kappa shape index (κ1) is 75.1. The zero-order valence-electron chi connectivity index (χ0n) is 52.2. The van der Waals surface area contributed by atoms with Crippen LogP contribution in [0.3, 0.4) is 0 Å². The van der Waals surface area contributed by atoms with E-state index in [1.54, 1.807) is 0 Å². The molecule has 0 aromatic heterocycles. The van der Waals surface area contributed by atoms with E-state index in [1.807, 2.05) is 0 Å². The summed E-state index contributed by atoms with van der Waals surface area (Å²) in [6, 6.07) is 0. The molecule has 0 aliphatic carbocycles. The molecule has 0 spiro atoms. The molecule has 0 aliphatic rings. The van der Waals surface area contributed by atoms with Gasteiger partial charge in [0.2, 0.25) is 0 Å². The summed E-state index contributed by atoms with van der Waals surface area (Å²) in [6.45, 7) is 6.64. The van der Waals surface area contributed by atoms with Gasteiger partial charge < -0.3 is 14.2 Å². The van der Waals surface area contributed by atoms with Gasteiger partial charge in [0.25, 0.3) is 0 Å². The van der Waals surface area contributed by atoms with Crippen molar-refractivity contribution in [2.45, 2.75) is 367 Å². The van der Waals surface area contributed by atoms with Crippen LogP contribution in [0, 0.1) is 0 Å². The molecule has 6 heteroatoms. The minimum absolute atomic E-state index is 0.0751. The topological polar surface area (TPSA) is 78.9 Å². The van der Waals surface area contributed by atoms with Crippen LogP contribution in [0.4, 0.5) is 0 Å². The van der Waals surface area contributed by atoms with E-state index in [9.17, 15) is 14.4 Å². The largest absolute Gasteiger partial charge is 0.462 e. The van der Waals surface area contributed by atoms with Crippen molar-refractivity contribution in [3.63, 3.8) is 0 Å². The van der Waals surface area contributed by atoms with Crippen LogP contribution in [0.5, 0.6) is 0 Å². The number of esters is 3. The smallest absolute Gasteiger partial charge is 0.306 e. The molecule has 454 valence electrons. The Bertz CT molecular complexity index is 1390. The monoisotopic (exact) mass is 1090 g/mol. The fourth-order valence-corrected chi connectivity index (χ4v) is 10.0. The van der Waals surface area contributed by atoms with Gasteiger partial charge in [-0.2, -0.15) is 0 Å². The summed E-state index contributed by atoms with van der Waals surface area (Å²) in [7, 11) is 0. The fourth-order valence-electron chi connectivity index (χ4n) is 10.0. The highest BCUT2D eigenvalue weighted by atomic mass is 16.6. The van der Waals surface area contributed by atoms with Crippen LogP contribution in [0.25, 0.3) is 0 Å². The lowest BCUT2D eigenvalue weighted by atomic mass is 10.0. The molecule has 0 rings (SSSR count). The lowest BCUT2D eigenvalue weighted by molar-refractivity contribution is -0.167. The van der Waals surface area contributed by atoms with Crippen molar-refractivity contribution in [3.8, 4) is 0 Å². The first-order chi connectivity index (χ1) is 38.5. The number of unbranched alkanes of at least 4 members (excludes halogenated alkanes) is 42. The molecule has 0 aromatic carbocycles. The van der Waals surface area contributed by atoms with Crippen molar-refractivity contribution >= 4 is 17.9 Å². The lowest BCUT2D eigenvalue weighted by Crippen LogP contribution is -2.30. The molecule has 0 bridgehead atoms. The SMILES string of the molecule is CCCCC/C=C\CCCCCCCC(=O)OCC(COC(=O)CCCCCCCCCCCCCCCC/C=C\C/C=C\C/C=C\CCCCCCC)OC(=O)CCCCCCCCCCC/C=C\CCCCCCCC. The average Bonchev–Trinajstić information content (AvgIpc) is 3.44. The minimum Gasteiger partial charge on any atom is -0.462 e. The van der Waals surface area contributed by atoms with Crippen molar-refractivity contribution in [2.24, 2.45) is 0 Å². The minimum atomic E-state index is -0.779. The molecule has 0 amide bonds.